The topological polar surface area (TPSA) is 112 Å². The zero-order chi connectivity index (χ0) is 34.8. The number of ether oxygens (including phenoxy) is 2. The monoisotopic (exact) mass is 671 g/mol. The smallest absolute Gasteiger partial charge is 0.151 e. The number of hydrogen-bond acceptors (Lipinski definition) is 8. The summed E-state index contributed by atoms with van der Waals surface area (Å²) in [5.41, 5.74) is 7.79. The van der Waals surface area contributed by atoms with Gasteiger partial charge in [-0.2, -0.15) is 0 Å². The number of benzene rings is 1. The molecule has 1 N–H and O–H groups in total. The van der Waals surface area contributed by atoms with Crippen LogP contribution in [-0.2, 0) is 6.54 Å². The van der Waals surface area contributed by atoms with Crippen LogP contribution in [-0.4, -0.2) is 59.8 Å². The van der Waals surface area contributed by atoms with Crippen molar-refractivity contribution in [2.45, 2.75) is 53.2 Å². The van der Waals surface area contributed by atoms with Crippen molar-refractivity contribution in [3.8, 4) is 22.8 Å². The highest BCUT2D eigenvalue weighted by Crippen LogP contribution is 2.42. The summed E-state index contributed by atoms with van der Waals surface area (Å²) in [4.78, 5) is 29.2. The molecule has 11 nitrogen and oxygen atoms in total. The van der Waals surface area contributed by atoms with Crippen LogP contribution in [0.4, 0.5) is 10.2 Å². The Bertz CT molecular complexity index is 2470. The number of fused-ring (bicyclic) bond motifs is 4. The van der Waals surface area contributed by atoms with E-state index < -0.39 is 0 Å². The van der Waals surface area contributed by atoms with Crippen molar-refractivity contribution in [3.63, 3.8) is 0 Å². The molecule has 0 atom stereocenters. The van der Waals surface area contributed by atoms with Crippen molar-refractivity contribution in [2.75, 3.05) is 25.7 Å². The van der Waals surface area contributed by atoms with Gasteiger partial charge in [0.25, 0.3) is 0 Å². The van der Waals surface area contributed by atoms with E-state index in [1.807, 2.05) is 37.5 Å². The van der Waals surface area contributed by atoms with Crippen LogP contribution in [0.5, 0.6) is 11.5 Å². The summed E-state index contributed by atoms with van der Waals surface area (Å²) < 4.78 is 31.5. The fourth-order valence-corrected chi connectivity index (χ4v) is 7.42. The van der Waals surface area contributed by atoms with Gasteiger partial charge in [-0.3, -0.25) is 4.98 Å². The van der Waals surface area contributed by atoms with Gasteiger partial charge in [0.05, 0.1) is 54.6 Å². The molecule has 7 aromatic rings. The largest absolute Gasteiger partial charge is 0.496 e. The lowest BCUT2D eigenvalue weighted by molar-refractivity contribution is 0.412. The second-order valence-electron chi connectivity index (χ2n) is 13.1. The molecule has 8 rings (SSSR count). The van der Waals surface area contributed by atoms with Crippen molar-refractivity contribution in [1.29, 1.82) is 0 Å². The first-order chi connectivity index (χ1) is 24.2. The number of H-pyrrole nitrogens is 1. The third-order valence-corrected chi connectivity index (χ3v) is 9.48. The first-order valence-electron chi connectivity index (χ1n) is 16.7. The quantitative estimate of drug-likeness (QED) is 0.174. The van der Waals surface area contributed by atoms with Crippen LogP contribution >= 0.6 is 0 Å². The van der Waals surface area contributed by atoms with Crippen LogP contribution in [0.3, 0.4) is 0 Å². The predicted molar refractivity (Wildman–Crippen MR) is 193 cm³/mol. The standard InChI is InChI=1S/C38H38FN9O2/c1-20(2)47-22(5)44-36-26(39)14-23(15-30(36)47)24-10-13-46(38-35(24)32(50-7)9-12-41-38)19-33-45-28-18-42-27(16-29(28)48(33)21(3)4)25-17-43-37-34(25)31(49-6)8-11-40-37/h8-12,14-18,20-21H,13,19H2,1-7H3,(H,40,43). The molecule has 0 spiro atoms. The van der Waals surface area contributed by atoms with Gasteiger partial charge < -0.3 is 28.5 Å². The second kappa shape index (κ2) is 12.0. The minimum absolute atomic E-state index is 0.113. The van der Waals surface area contributed by atoms with Crippen molar-refractivity contribution < 1.29 is 13.9 Å². The molecule has 254 valence electrons. The van der Waals surface area contributed by atoms with Crippen LogP contribution in [0.15, 0.2) is 61.2 Å². The van der Waals surface area contributed by atoms with Gasteiger partial charge in [0.15, 0.2) is 5.82 Å². The third kappa shape index (κ3) is 4.88. The summed E-state index contributed by atoms with van der Waals surface area (Å²) in [5, 5.41) is 0.882. The molecule has 0 fully saturated rings. The summed E-state index contributed by atoms with van der Waals surface area (Å²) in [6.07, 6.45) is 9.34. The number of aromatic nitrogens is 8. The number of aryl methyl sites for hydroxylation is 1. The predicted octanol–water partition coefficient (Wildman–Crippen LogP) is 7.80. The van der Waals surface area contributed by atoms with Crippen LogP contribution in [0.1, 0.15) is 62.6 Å². The number of aromatic amines is 1. The highest BCUT2D eigenvalue weighted by atomic mass is 19.1. The molecule has 0 unspecified atom stereocenters. The number of hydrogen-bond donors (Lipinski definition) is 1. The molecule has 0 bridgehead atoms. The average molecular weight is 672 g/mol. The summed E-state index contributed by atoms with van der Waals surface area (Å²) in [5.74, 6) is 3.44. The van der Waals surface area contributed by atoms with Crippen molar-refractivity contribution in [1.82, 2.24) is 39.0 Å². The van der Waals surface area contributed by atoms with E-state index in [1.165, 1.54) is 0 Å². The molecule has 0 saturated carbocycles. The van der Waals surface area contributed by atoms with E-state index in [0.717, 1.165) is 78.8 Å². The fourth-order valence-electron chi connectivity index (χ4n) is 7.42. The minimum Gasteiger partial charge on any atom is -0.496 e. The van der Waals surface area contributed by atoms with E-state index in [-0.39, 0.29) is 17.9 Å². The molecule has 0 saturated heterocycles. The molecule has 7 heterocycles. The number of pyridine rings is 3. The number of imidazole rings is 2. The lowest BCUT2D eigenvalue weighted by Gasteiger charge is -2.31. The summed E-state index contributed by atoms with van der Waals surface area (Å²) >= 11 is 0. The number of anilines is 1. The van der Waals surface area contributed by atoms with E-state index in [9.17, 15) is 0 Å². The average Bonchev–Trinajstić information content (AvgIpc) is 3.80. The molecule has 6 aromatic heterocycles. The van der Waals surface area contributed by atoms with E-state index in [0.29, 0.717) is 24.4 Å². The Labute approximate surface area is 288 Å². The Morgan fingerprint density at radius 2 is 1.66 bits per heavy atom. The number of nitrogens with zero attached hydrogens (tertiary/aromatic N) is 8. The lowest BCUT2D eigenvalue weighted by Crippen LogP contribution is -2.29. The maximum Gasteiger partial charge on any atom is 0.151 e. The molecule has 1 aliphatic heterocycles. The zero-order valence-electron chi connectivity index (χ0n) is 29.1. The molecular weight excluding hydrogens is 633 g/mol. The molecule has 0 aliphatic carbocycles. The maximum atomic E-state index is 15.6. The molecule has 50 heavy (non-hydrogen) atoms. The first kappa shape index (κ1) is 31.5. The SMILES string of the molecule is COc1ccnc2c1C(c1cc(F)c3nc(C)n(C(C)C)c3c1)=CCN2Cc1nc2cnc(-c3c[nH]c4nccc(OC)c34)cc2n1C(C)C. The van der Waals surface area contributed by atoms with Gasteiger partial charge in [-0.25, -0.2) is 24.3 Å². The van der Waals surface area contributed by atoms with Gasteiger partial charge in [-0.15, -0.1) is 0 Å². The molecule has 1 aromatic carbocycles. The Morgan fingerprint density at radius 1 is 0.900 bits per heavy atom. The van der Waals surface area contributed by atoms with Crippen molar-refractivity contribution in [3.05, 3.63) is 89.8 Å². The number of nitrogens with one attached hydrogen (secondary N) is 1. The van der Waals surface area contributed by atoms with E-state index in [4.69, 9.17) is 24.4 Å². The van der Waals surface area contributed by atoms with Gasteiger partial charge in [0.2, 0.25) is 0 Å². The number of halogens is 1. The van der Waals surface area contributed by atoms with Crippen LogP contribution in [0.25, 0.3) is 49.9 Å². The molecule has 0 radical (unpaired) electrons. The molecule has 12 heteroatoms. The van der Waals surface area contributed by atoms with E-state index in [1.54, 1.807) is 32.7 Å². The maximum absolute atomic E-state index is 15.6. The van der Waals surface area contributed by atoms with Crippen molar-refractivity contribution >= 4 is 44.5 Å². The summed E-state index contributed by atoms with van der Waals surface area (Å²) in [6, 6.07) is 9.62. The Hall–Kier alpha value is -5.78. The Kier molecular flexibility index (Phi) is 7.54. The van der Waals surface area contributed by atoms with Gasteiger partial charge >= 0.3 is 0 Å². The minimum atomic E-state index is -0.353. The van der Waals surface area contributed by atoms with Crippen LogP contribution in [0.2, 0.25) is 0 Å². The lowest BCUT2D eigenvalue weighted by atomic mass is 9.93. The Morgan fingerprint density at radius 3 is 2.42 bits per heavy atom. The molecule has 1 aliphatic rings. The normalized spacial score (nSPS) is 13.2. The van der Waals surface area contributed by atoms with Gasteiger partial charge in [-0.05, 0) is 76.1 Å². The van der Waals surface area contributed by atoms with Gasteiger partial charge in [-0.1, -0.05) is 6.08 Å². The van der Waals surface area contributed by atoms with Crippen LogP contribution in [0, 0.1) is 12.7 Å². The summed E-state index contributed by atoms with van der Waals surface area (Å²) in [7, 11) is 3.30. The molecule has 0 amide bonds. The van der Waals surface area contributed by atoms with E-state index >= 15 is 4.39 Å². The number of methoxy groups -OCH3 is 2. The van der Waals surface area contributed by atoms with E-state index in [2.05, 4.69) is 68.8 Å². The van der Waals surface area contributed by atoms with Gasteiger partial charge in [0, 0.05) is 42.8 Å². The third-order valence-electron chi connectivity index (χ3n) is 9.48. The molecular formula is C38H38FN9O2. The fraction of sp³-hybridized carbons (Fsp3) is 0.289. The highest BCUT2D eigenvalue weighted by molar-refractivity contribution is 5.98. The highest BCUT2D eigenvalue weighted by Gasteiger charge is 2.28. The Balaban J connectivity index is 1.21. The van der Waals surface area contributed by atoms with Crippen molar-refractivity contribution in [2.24, 2.45) is 0 Å². The number of rotatable bonds is 8. The summed E-state index contributed by atoms with van der Waals surface area (Å²) in [6.45, 7) is 11.4. The first-order valence-corrected chi connectivity index (χ1v) is 16.7. The van der Waals surface area contributed by atoms with Gasteiger partial charge in [0.1, 0.15) is 45.6 Å². The zero-order valence-corrected chi connectivity index (χ0v) is 29.1. The second-order valence-corrected chi connectivity index (χ2v) is 13.1. The van der Waals surface area contributed by atoms with Crippen LogP contribution < -0.4 is 14.4 Å².